The van der Waals surface area contributed by atoms with Crippen LogP contribution >= 0.6 is 12.2 Å². The van der Waals surface area contributed by atoms with Crippen LogP contribution in [0.2, 0.25) is 0 Å². The molecule has 1 saturated carbocycles. The van der Waals surface area contributed by atoms with Crippen molar-refractivity contribution in [3.8, 4) is 5.75 Å². The van der Waals surface area contributed by atoms with E-state index in [0.29, 0.717) is 10.8 Å². The minimum absolute atomic E-state index is 0.177. The number of anilines is 1. The van der Waals surface area contributed by atoms with E-state index >= 15 is 0 Å². The molecule has 2 aromatic rings. The lowest BCUT2D eigenvalue weighted by atomic mass is 9.88. The van der Waals surface area contributed by atoms with Crippen molar-refractivity contribution in [3.05, 3.63) is 59.9 Å². The summed E-state index contributed by atoms with van der Waals surface area (Å²) in [6.07, 6.45) is 4.35. The fourth-order valence-corrected chi connectivity index (χ4v) is 3.63. The molecule has 5 heteroatoms. The van der Waals surface area contributed by atoms with E-state index in [1.807, 2.05) is 12.1 Å². The van der Waals surface area contributed by atoms with Gasteiger partial charge in [-0.15, -0.1) is 0 Å². The summed E-state index contributed by atoms with van der Waals surface area (Å²) in [7, 11) is 1.66. The maximum atomic E-state index is 13.3. The van der Waals surface area contributed by atoms with Gasteiger partial charge in [0, 0.05) is 5.69 Å². The average Bonchev–Trinajstić information content (AvgIpc) is 3.04. The first-order valence-electron chi connectivity index (χ1n) is 8.11. The van der Waals surface area contributed by atoms with Crippen molar-refractivity contribution in [2.24, 2.45) is 0 Å². The Balaban J connectivity index is 1.76. The number of nitrogens with one attached hydrogen (secondary N) is 2. The summed E-state index contributed by atoms with van der Waals surface area (Å²) < 4.78 is 18.6. The summed E-state index contributed by atoms with van der Waals surface area (Å²) in [5.74, 6) is 0.556. The molecule has 2 aromatic carbocycles. The number of hydrogen-bond acceptors (Lipinski definition) is 2. The van der Waals surface area contributed by atoms with Crippen LogP contribution in [0.5, 0.6) is 5.75 Å². The summed E-state index contributed by atoms with van der Waals surface area (Å²) in [6, 6.07) is 14.4. The van der Waals surface area contributed by atoms with Crippen molar-refractivity contribution < 1.29 is 9.13 Å². The van der Waals surface area contributed by atoms with Crippen molar-refractivity contribution in [2.45, 2.75) is 31.2 Å². The Labute approximate surface area is 147 Å². The molecule has 0 amide bonds. The Morgan fingerprint density at radius 3 is 2.46 bits per heavy atom. The van der Waals surface area contributed by atoms with Gasteiger partial charge in [-0.3, -0.25) is 0 Å². The van der Waals surface area contributed by atoms with Crippen molar-refractivity contribution in [3.63, 3.8) is 0 Å². The minimum atomic E-state index is -0.284. The maximum Gasteiger partial charge on any atom is 0.171 e. The van der Waals surface area contributed by atoms with E-state index in [-0.39, 0.29) is 11.4 Å². The van der Waals surface area contributed by atoms with Crippen LogP contribution in [0.1, 0.15) is 31.2 Å². The number of hydrogen-bond donors (Lipinski definition) is 2. The van der Waals surface area contributed by atoms with Crippen LogP contribution in [0.4, 0.5) is 10.1 Å². The van der Waals surface area contributed by atoms with E-state index in [9.17, 15) is 4.39 Å². The molecule has 2 N–H and O–H groups in total. The first-order chi connectivity index (χ1) is 11.6. The zero-order valence-corrected chi connectivity index (χ0v) is 14.5. The van der Waals surface area contributed by atoms with Gasteiger partial charge in [0.25, 0.3) is 0 Å². The molecule has 0 heterocycles. The number of thiocarbonyl (C=S) groups is 1. The highest BCUT2D eigenvalue weighted by Crippen LogP contribution is 2.39. The molecule has 24 heavy (non-hydrogen) atoms. The molecule has 126 valence electrons. The Kier molecular flexibility index (Phi) is 5.00. The monoisotopic (exact) mass is 344 g/mol. The zero-order chi connectivity index (χ0) is 17.0. The highest BCUT2D eigenvalue weighted by atomic mass is 32.1. The molecule has 1 aliphatic carbocycles. The fraction of sp³-hybridized carbons (Fsp3) is 0.316. The summed E-state index contributed by atoms with van der Waals surface area (Å²) in [4.78, 5) is 0. The van der Waals surface area contributed by atoms with Gasteiger partial charge in [-0.25, -0.2) is 4.39 Å². The lowest BCUT2D eigenvalue weighted by Gasteiger charge is -2.32. The largest absolute Gasteiger partial charge is 0.497 e. The molecule has 0 aromatic heterocycles. The van der Waals surface area contributed by atoms with Crippen LogP contribution in [0.25, 0.3) is 0 Å². The number of benzene rings is 2. The third kappa shape index (κ3) is 3.67. The Morgan fingerprint density at radius 2 is 1.83 bits per heavy atom. The smallest absolute Gasteiger partial charge is 0.171 e. The SMILES string of the molecule is COc1ccc(C2(NC(=S)Nc3cccc(F)c3)CCCC2)cc1. The van der Waals surface area contributed by atoms with Gasteiger partial charge in [0.2, 0.25) is 0 Å². The second-order valence-electron chi connectivity index (χ2n) is 6.11. The maximum absolute atomic E-state index is 13.3. The summed E-state index contributed by atoms with van der Waals surface area (Å²) in [5, 5.41) is 7.07. The number of halogens is 1. The van der Waals surface area contributed by atoms with E-state index in [4.69, 9.17) is 17.0 Å². The average molecular weight is 344 g/mol. The molecule has 0 atom stereocenters. The highest BCUT2D eigenvalue weighted by molar-refractivity contribution is 7.80. The van der Waals surface area contributed by atoms with E-state index in [0.717, 1.165) is 31.4 Å². The van der Waals surface area contributed by atoms with Crippen LogP contribution in [-0.4, -0.2) is 12.2 Å². The van der Waals surface area contributed by atoms with Crippen LogP contribution in [0.15, 0.2) is 48.5 Å². The first kappa shape index (κ1) is 16.7. The third-order valence-electron chi connectivity index (χ3n) is 4.54. The lowest BCUT2D eigenvalue weighted by Crippen LogP contribution is -2.45. The number of methoxy groups -OCH3 is 1. The van der Waals surface area contributed by atoms with Crippen LogP contribution in [-0.2, 0) is 5.54 Å². The molecule has 0 saturated heterocycles. The standard InChI is InChI=1S/C19H21FN2OS/c1-23-17-9-7-14(8-10-17)19(11-2-3-12-19)22-18(24)21-16-6-4-5-15(20)13-16/h4-10,13H,2-3,11-12H2,1H3,(H2,21,22,24). The predicted octanol–water partition coefficient (Wildman–Crippen LogP) is 4.59. The normalized spacial score (nSPS) is 15.8. The second-order valence-corrected chi connectivity index (χ2v) is 6.52. The van der Waals surface area contributed by atoms with Gasteiger partial charge in [0.15, 0.2) is 5.11 Å². The van der Waals surface area contributed by atoms with Crippen molar-refractivity contribution in [1.82, 2.24) is 5.32 Å². The molecule has 1 fully saturated rings. The van der Waals surface area contributed by atoms with E-state index < -0.39 is 0 Å². The predicted molar refractivity (Wildman–Crippen MR) is 98.9 cm³/mol. The molecule has 0 aliphatic heterocycles. The topological polar surface area (TPSA) is 33.3 Å². The molecular formula is C19H21FN2OS. The van der Waals surface area contributed by atoms with Crippen molar-refractivity contribution in [2.75, 3.05) is 12.4 Å². The van der Waals surface area contributed by atoms with Gasteiger partial charge in [-0.2, -0.15) is 0 Å². The minimum Gasteiger partial charge on any atom is -0.497 e. The summed E-state index contributed by atoms with van der Waals surface area (Å²) >= 11 is 5.47. The molecule has 0 bridgehead atoms. The Hall–Kier alpha value is -2.14. The molecular weight excluding hydrogens is 323 g/mol. The zero-order valence-electron chi connectivity index (χ0n) is 13.6. The summed E-state index contributed by atoms with van der Waals surface area (Å²) in [6.45, 7) is 0. The molecule has 0 spiro atoms. The van der Waals surface area contributed by atoms with E-state index in [1.165, 1.54) is 17.7 Å². The van der Waals surface area contributed by atoms with Crippen LogP contribution in [0, 0.1) is 5.82 Å². The summed E-state index contributed by atoms with van der Waals surface area (Å²) in [5.41, 5.74) is 1.67. The quantitative estimate of drug-likeness (QED) is 0.795. The van der Waals surface area contributed by atoms with Crippen molar-refractivity contribution in [1.29, 1.82) is 0 Å². The number of ether oxygens (including phenoxy) is 1. The van der Waals surface area contributed by atoms with Crippen LogP contribution in [0.3, 0.4) is 0 Å². The van der Waals surface area contributed by atoms with Gasteiger partial charge in [0.05, 0.1) is 12.6 Å². The fourth-order valence-electron chi connectivity index (χ4n) is 3.32. The van der Waals surface area contributed by atoms with Gasteiger partial charge in [0.1, 0.15) is 11.6 Å². The number of rotatable bonds is 4. The molecule has 0 unspecified atom stereocenters. The van der Waals surface area contributed by atoms with E-state index in [2.05, 4.69) is 22.8 Å². The van der Waals surface area contributed by atoms with Gasteiger partial charge >= 0.3 is 0 Å². The van der Waals surface area contributed by atoms with Gasteiger partial charge in [-0.05, 0) is 61.0 Å². The second kappa shape index (κ2) is 7.18. The van der Waals surface area contributed by atoms with Crippen molar-refractivity contribution >= 4 is 23.0 Å². The first-order valence-corrected chi connectivity index (χ1v) is 8.51. The Bertz CT molecular complexity index is 712. The molecule has 3 nitrogen and oxygen atoms in total. The molecule has 1 aliphatic rings. The van der Waals surface area contributed by atoms with E-state index in [1.54, 1.807) is 19.2 Å². The molecule has 0 radical (unpaired) electrons. The van der Waals surface area contributed by atoms with Gasteiger partial charge < -0.3 is 15.4 Å². The van der Waals surface area contributed by atoms with Crippen LogP contribution < -0.4 is 15.4 Å². The Morgan fingerprint density at radius 1 is 1.12 bits per heavy atom. The highest BCUT2D eigenvalue weighted by Gasteiger charge is 2.36. The lowest BCUT2D eigenvalue weighted by molar-refractivity contribution is 0.401. The molecule has 3 rings (SSSR count). The third-order valence-corrected chi connectivity index (χ3v) is 4.74. The van der Waals surface area contributed by atoms with Gasteiger partial charge in [-0.1, -0.05) is 31.0 Å².